The topological polar surface area (TPSA) is 69.9 Å². The third-order valence-corrected chi connectivity index (χ3v) is 9.09. The number of nitrogens with zero attached hydrogens (tertiary/aromatic N) is 2. The van der Waals surface area contributed by atoms with Gasteiger partial charge in [0.05, 0.1) is 16.6 Å². The maximum absolute atomic E-state index is 6.91. The molecular formula is C43H34N4. The fraction of sp³-hybridized carbons (Fsp3) is 0.0465. The number of benzene rings is 6. The van der Waals surface area contributed by atoms with Crippen LogP contribution >= 0.6 is 0 Å². The lowest BCUT2D eigenvalue weighted by atomic mass is 9.89. The molecule has 2 heterocycles. The van der Waals surface area contributed by atoms with Crippen molar-refractivity contribution in [3.63, 3.8) is 0 Å². The smallest absolute Gasteiger partial charge is 0.0963 e. The zero-order chi connectivity index (χ0) is 31.7. The van der Waals surface area contributed by atoms with E-state index in [1.807, 2.05) is 24.4 Å². The van der Waals surface area contributed by atoms with Gasteiger partial charge in [-0.1, -0.05) is 103 Å². The minimum atomic E-state index is 0.721. The zero-order valence-electron chi connectivity index (χ0n) is 26.0. The SMILES string of the molecule is N/C=C\C=C/CC/C=C(\C=C(/N)c1ccc(-n2c3ccccc3c3ncccc32)cc1)c1ccc2ccc3cccc4ccc1c2c34. The highest BCUT2D eigenvalue weighted by molar-refractivity contribution is 6.24. The molecule has 0 unspecified atom stereocenters. The lowest BCUT2D eigenvalue weighted by Crippen LogP contribution is -1.99. The Balaban J connectivity index is 1.21. The predicted octanol–water partition coefficient (Wildman–Crippen LogP) is 10.3. The van der Waals surface area contributed by atoms with Crippen molar-refractivity contribution in [1.82, 2.24) is 9.55 Å². The lowest BCUT2D eigenvalue weighted by Gasteiger charge is -2.15. The summed E-state index contributed by atoms with van der Waals surface area (Å²) in [6, 6.07) is 41.0. The molecule has 4 N–H and O–H groups in total. The first-order chi connectivity index (χ1) is 23.2. The van der Waals surface area contributed by atoms with Crippen LogP contribution in [-0.4, -0.2) is 9.55 Å². The molecule has 0 spiro atoms. The molecule has 0 bridgehead atoms. The molecule has 0 saturated heterocycles. The van der Waals surface area contributed by atoms with E-state index in [9.17, 15) is 0 Å². The van der Waals surface area contributed by atoms with Gasteiger partial charge < -0.3 is 16.0 Å². The van der Waals surface area contributed by atoms with Crippen LogP contribution in [0.25, 0.3) is 71.2 Å². The van der Waals surface area contributed by atoms with Crippen molar-refractivity contribution >= 4 is 65.5 Å². The number of hydrogen-bond acceptors (Lipinski definition) is 3. The molecule has 0 radical (unpaired) electrons. The Kier molecular flexibility index (Phi) is 7.23. The Morgan fingerprint density at radius 1 is 0.660 bits per heavy atom. The van der Waals surface area contributed by atoms with Gasteiger partial charge in [0.25, 0.3) is 0 Å². The van der Waals surface area contributed by atoms with Gasteiger partial charge in [0.2, 0.25) is 0 Å². The fourth-order valence-corrected chi connectivity index (χ4v) is 6.92. The number of hydrogen-bond donors (Lipinski definition) is 2. The Hall–Kier alpha value is -6.13. The Bertz CT molecular complexity index is 2460. The summed E-state index contributed by atoms with van der Waals surface area (Å²) in [4.78, 5) is 4.69. The van der Waals surface area contributed by atoms with Gasteiger partial charge in [-0.3, -0.25) is 4.98 Å². The maximum Gasteiger partial charge on any atom is 0.0963 e. The van der Waals surface area contributed by atoms with E-state index in [1.165, 1.54) is 37.9 Å². The molecule has 6 aromatic carbocycles. The van der Waals surface area contributed by atoms with Gasteiger partial charge >= 0.3 is 0 Å². The first kappa shape index (κ1) is 28.4. The Labute approximate surface area is 273 Å². The molecular weight excluding hydrogens is 573 g/mol. The Morgan fingerprint density at radius 3 is 2.23 bits per heavy atom. The zero-order valence-corrected chi connectivity index (χ0v) is 26.0. The van der Waals surface area contributed by atoms with Crippen LogP contribution in [0.5, 0.6) is 0 Å². The van der Waals surface area contributed by atoms with Crippen LogP contribution in [0.3, 0.4) is 0 Å². The van der Waals surface area contributed by atoms with Crippen molar-refractivity contribution in [3.05, 3.63) is 169 Å². The molecule has 0 aliphatic carbocycles. The summed E-state index contributed by atoms with van der Waals surface area (Å²) in [5.41, 5.74) is 20.7. The molecule has 0 saturated carbocycles. The predicted molar refractivity (Wildman–Crippen MR) is 201 cm³/mol. The third-order valence-electron chi connectivity index (χ3n) is 9.09. The number of fused-ring (bicyclic) bond motifs is 3. The molecule has 8 aromatic rings. The summed E-state index contributed by atoms with van der Waals surface area (Å²) in [5.74, 6) is 0. The summed E-state index contributed by atoms with van der Waals surface area (Å²) < 4.78 is 2.27. The van der Waals surface area contributed by atoms with Crippen molar-refractivity contribution in [1.29, 1.82) is 0 Å². The van der Waals surface area contributed by atoms with Crippen LogP contribution in [0.2, 0.25) is 0 Å². The minimum Gasteiger partial charge on any atom is -0.405 e. The van der Waals surface area contributed by atoms with Gasteiger partial charge in [0.15, 0.2) is 0 Å². The van der Waals surface area contributed by atoms with E-state index in [-0.39, 0.29) is 0 Å². The van der Waals surface area contributed by atoms with E-state index in [4.69, 9.17) is 11.5 Å². The molecule has 0 atom stereocenters. The van der Waals surface area contributed by atoms with Gasteiger partial charge in [-0.15, -0.1) is 0 Å². The van der Waals surface area contributed by atoms with Gasteiger partial charge in [0.1, 0.15) is 0 Å². The Morgan fingerprint density at radius 2 is 1.40 bits per heavy atom. The van der Waals surface area contributed by atoms with Crippen LogP contribution < -0.4 is 11.5 Å². The second-order valence-corrected chi connectivity index (χ2v) is 11.9. The van der Waals surface area contributed by atoms with Gasteiger partial charge in [0, 0.05) is 23.0 Å². The maximum atomic E-state index is 6.91. The highest BCUT2D eigenvalue weighted by atomic mass is 15.0. The van der Waals surface area contributed by atoms with E-state index >= 15 is 0 Å². The monoisotopic (exact) mass is 606 g/mol. The van der Waals surface area contributed by atoms with Gasteiger partial charge in [-0.25, -0.2) is 0 Å². The van der Waals surface area contributed by atoms with Gasteiger partial charge in [-0.05, 0) is 111 Å². The van der Waals surface area contributed by atoms with E-state index < -0.39 is 0 Å². The average molecular weight is 607 g/mol. The van der Waals surface area contributed by atoms with Crippen molar-refractivity contribution in [2.24, 2.45) is 11.5 Å². The second kappa shape index (κ2) is 12.0. The van der Waals surface area contributed by atoms with Crippen molar-refractivity contribution in [2.75, 3.05) is 0 Å². The van der Waals surface area contributed by atoms with Crippen LogP contribution in [-0.2, 0) is 0 Å². The number of unbranched alkanes of at least 4 members (excludes halogenated alkanes) is 1. The molecule has 0 aliphatic rings. The number of aromatic nitrogens is 2. The number of allylic oxidation sites excluding steroid dienone is 6. The number of rotatable bonds is 8. The van der Waals surface area contributed by atoms with Crippen LogP contribution in [0.4, 0.5) is 0 Å². The molecule has 0 aliphatic heterocycles. The quantitative estimate of drug-likeness (QED) is 0.103. The number of pyridine rings is 1. The highest BCUT2D eigenvalue weighted by Gasteiger charge is 2.15. The molecule has 0 fully saturated rings. The fourth-order valence-electron chi connectivity index (χ4n) is 6.92. The largest absolute Gasteiger partial charge is 0.405 e. The van der Waals surface area contributed by atoms with E-state index in [1.54, 1.807) is 6.20 Å². The average Bonchev–Trinajstić information content (AvgIpc) is 3.46. The molecule has 0 amide bonds. The summed E-state index contributed by atoms with van der Waals surface area (Å²) in [7, 11) is 0. The third kappa shape index (κ3) is 5.01. The van der Waals surface area contributed by atoms with Crippen LogP contribution in [0.1, 0.15) is 24.0 Å². The minimum absolute atomic E-state index is 0.721. The van der Waals surface area contributed by atoms with Crippen molar-refractivity contribution in [2.45, 2.75) is 12.8 Å². The number of nitrogens with two attached hydrogens (primary N) is 2. The molecule has 226 valence electrons. The summed E-state index contributed by atoms with van der Waals surface area (Å²) in [6.07, 6.45) is 15.6. The molecule has 4 nitrogen and oxygen atoms in total. The standard InChI is InChI=1S/C43H34N4/c44-26-7-3-1-2-4-10-33(35-24-20-32-17-16-30-11-8-12-31-21-25-36(35)42(32)41(30)31)28-38(45)29-18-22-34(23-19-29)47-39-14-6-5-13-37(39)43-40(47)15-9-27-46-43/h1,3,5-28H,2,4,44-45H2/b3-1-,26-7-,33-10+,38-28-. The summed E-state index contributed by atoms with van der Waals surface area (Å²) in [6.45, 7) is 0. The van der Waals surface area contributed by atoms with Crippen molar-refractivity contribution < 1.29 is 0 Å². The van der Waals surface area contributed by atoms with Gasteiger partial charge in [-0.2, -0.15) is 0 Å². The summed E-state index contributed by atoms with van der Waals surface area (Å²) in [5, 5.41) is 8.76. The molecule has 47 heavy (non-hydrogen) atoms. The molecule has 8 rings (SSSR count). The molecule has 4 heteroatoms. The molecule has 2 aromatic heterocycles. The van der Waals surface area contributed by atoms with Crippen LogP contribution in [0.15, 0.2) is 158 Å². The normalized spacial score (nSPS) is 13.1. The lowest BCUT2D eigenvalue weighted by molar-refractivity contribution is 1.05. The highest BCUT2D eigenvalue weighted by Crippen LogP contribution is 2.39. The summed E-state index contributed by atoms with van der Waals surface area (Å²) >= 11 is 0. The first-order valence-corrected chi connectivity index (χ1v) is 16.0. The first-order valence-electron chi connectivity index (χ1n) is 16.0. The van der Waals surface area contributed by atoms with Crippen LogP contribution in [0, 0.1) is 0 Å². The van der Waals surface area contributed by atoms with E-state index in [2.05, 4.69) is 137 Å². The van der Waals surface area contributed by atoms with E-state index in [0.717, 1.165) is 57.3 Å². The second-order valence-electron chi connectivity index (χ2n) is 11.9. The van der Waals surface area contributed by atoms with Crippen molar-refractivity contribution in [3.8, 4) is 5.69 Å². The van der Waals surface area contributed by atoms with E-state index in [0.29, 0.717) is 0 Å². The number of para-hydroxylation sites is 1.